The van der Waals surface area contributed by atoms with E-state index in [1.165, 1.54) is 31.1 Å². The van der Waals surface area contributed by atoms with Gasteiger partial charge < -0.3 is 28.6 Å². The number of fused-ring (bicyclic) bond motifs is 2. The van der Waals surface area contributed by atoms with Crippen LogP contribution < -0.4 is 24.5 Å². The summed E-state index contributed by atoms with van der Waals surface area (Å²) in [6.07, 6.45) is -1.53. The molecule has 348 valence electrons. The van der Waals surface area contributed by atoms with Gasteiger partial charge in [-0.2, -0.15) is 10.2 Å². The van der Waals surface area contributed by atoms with Crippen LogP contribution >= 0.6 is 15.5 Å². The lowest BCUT2D eigenvalue weighted by molar-refractivity contribution is -0.150. The van der Waals surface area contributed by atoms with E-state index in [2.05, 4.69) is 30.4 Å². The lowest BCUT2D eigenvalue weighted by Crippen LogP contribution is -2.38. The molecule has 21 heteroatoms. The number of para-hydroxylation sites is 2. The third-order valence-electron chi connectivity index (χ3n) is 11.1. The number of rotatable bonds is 22. The number of alkyl halides is 1. The maximum atomic E-state index is 17.9. The van der Waals surface area contributed by atoms with Gasteiger partial charge in [0.05, 0.1) is 42.8 Å². The number of benzene rings is 3. The van der Waals surface area contributed by atoms with Gasteiger partial charge in [0, 0.05) is 12.5 Å². The second-order valence-electron chi connectivity index (χ2n) is 16.5. The van der Waals surface area contributed by atoms with Crippen molar-refractivity contribution in [3.8, 4) is 11.5 Å². The van der Waals surface area contributed by atoms with E-state index in [1.807, 2.05) is 30.3 Å². The third-order valence-corrected chi connectivity index (χ3v) is 14.4. The predicted octanol–water partition coefficient (Wildman–Crippen LogP) is 7.95. The van der Waals surface area contributed by atoms with E-state index >= 15 is 4.39 Å². The van der Waals surface area contributed by atoms with E-state index in [0.717, 1.165) is 5.56 Å². The van der Waals surface area contributed by atoms with Crippen LogP contribution in [0.4, 0.5) is 10.2 Å². The van der Waals surface area contributed by atoms with Crippen molar-refractivity contribution in [1.82, 2.24) is 29.7 Å². The van der Waals surface area contributed by atoms with Crippen molar-refractivity contribution in [2.24, 2.45) is 11.3 Å². The fraction of sp³-hybridized carbons (Fsp3) is 0.432. The quantitative estimate of drug-likeness (QED) is 0.0444. The van der Waals surface area contributed by atoms with Crippen LogP contribution in [0.5, 0.6) is 11.5 Å². The van der Waals surface area contributed by atoms with Gasteiger partial charge in [0.15, 0.2) is 29.4 Å². The number of halogens is 1. The first-order valence-electron chi connectivity index (χ1n) is 21.2. The molecule has 5 aromatic rings. The number of aromatic nitrogens is 4. The zero-order valence-electron chi connectivity index (χ0n) is 37.0. The SMILES string of the molecule is CC(C)OC(=O)[C@H](C)NP(=O)(OC[C@H]1C2(C)O[C@@H](n3cnc4c(NCc5ccccc5)ncnc43)C(F)C12COP(=O)(N[C@@H](C)C(=O)OC(C)C)Oc1ccccc1)Oc1ccccc1. The molecule has 2 aromatic heterocycles. The number of nitrogens with one attached hydrogen (secondary N) is 3. The number of imidazole rings is 1. The molecular weight excluding hydrogens is 883 g/mol. The molecule has 65 heavy (non-hydrogen) atoms. The normalized spacial score (nSPS) is 24.1. The standard InChI is InChI=1S/C44H54FN7O11P2/c1-28(2)59-41(53)30(5)50-64(55,62-33-19-13-9-14-20-33)57-24-35-43(7)44(35,25-58-65(56,63-34-21-15-10-16-22-34)51-31(6)42(54)60-29(3)4)37(45)40(61-43)52-27-49-36-38(47-26-48-39(36)52)46-23-32-17-11-8-12-18-32/h8-22,26-31,35,37,40H,23-25H2,1-7H3,(H,50,55)(H,51,56)(H,46,47,48)/t30-,31-,35-,37?,40+,43?,44?,64?,65?/m0/s1. The number of carbonyl (C=O) groups excluding carboxylic acids is 2. The zero-order chi connectivity index (χ0) is 46.6. The van der Waals surface area contributed by atoms with Crippen molar-refractivity contribution in [3.63, 3.8) is 0 Å². The number of nitrogens with zero attached hydrogens (tertiary/aromatic N) is 4. The van der Waals surface area contributed by atoms with E-state index in [9.17, 15) is 18.7 Å². The third kappa shape index (κ3) is 10.6. The molecule has 5 unspecified atom stereocenters. The largest absolute Gasteiger partial charge is 0.462 e. The molecule has 1 saturated carbocycles. The molecule has 3 heterocycles. The van der Waals surface area contributed by atoms with Gasteiger partial charge in [-0.3, -0.25) is 23.2 Å². The van der Waals surface area contributed by atoms with E-state index in [4.69, 9.17) is 32.3 Å². The Bertz CT molecular complexity index is 2530. The van der Waals surface area contributed by atoms with Crippen molar-refractivity contribution in [2.75, 3.05) is 18.5 Å². The molecule has 0 amide bonds. The molecule has 3 aromatic carbocycles. The summed E-state index contributed by atoms with van der Waals surface area (Å²) in [5.74, 6) is -1.68. The summed E-state index contributed by atoms with van der Waals surface area (Å²) in [6, 6.07) is 23.6. The lowest BCUT2D eigenvalue weighted by atomic mass is 9.96. The molecule has 0 radical (unpaired) electrons. The van der Waals surface area contributed by atoms with Crippen molar-refractivity contribution in [2.45, 2.75) is 97.3 Å². The van der Waals surface area contributed by atoms with Crippen LogP contribution in [0.1, 0.15) is 60.3 Å². The zero-order valence-corrected chi connectivity index (χ0v) is 38.8. The van der Waals surface area contributed by atoms with Gasteiger partial charge in [-0.05, 0) is 78.3 Å². The van der Waals surface area contributed by atoms with Crippen LogP contribution in [0.15, 0.2) is 104 Å². The molecule has 9 atom stereocenters. The Morgan fingerprint density at radius 3 is 1.83 bits per heavy atom. The number of carbonyl (C=O) groups is 2. The molecule has 7 rings (SSSR count). The second kappa shape index (κ2) is 19.7. The van der Waals surface area contributed by atoms with Crippen LogP contribution in [-0.4, -0.2) is 80.7 Å². The Morgan fingerprint density at radius 2 is 1.29 bits per heavy atom. The number of hydrogen-bond donors (Lipinski definition) is 3. The van der Waals surface area contributed by atoms with Crippen LogP contribution in [-0.2, 0) is 48.5 Å². The average molecular weight is 938 g/mol. The maximum absolute atomic E-state index is 17.9. The highest BCUT2D eigenvalue weighted by Crippen LogP contribution is 2.75. The fourth-order valence-electron chi connectivity index (χ4n) is 7.82. The molecule has 1 aliphatic heterocycles. The van der Waals surface area contributed by atoms with Crippen molar-refractivity contribution < 1.29 is 55.4 Å². The van der Waals surface area contributed by atoms with E-state index < -0.39 is 94.3 Å². The minimum Gasteiger partial charge on any atom is -0.462 e. The van der Waals surface area contributed by atoms with E-state index in [-0.39, 0.29) is 17.1 Å². The molecule has 3 N–H and O–H groups in total. The Balaban J connectivity index is 1.21. The summed E-state index contributed by atoms with van der Waals surface area (Å²) in [5, 5.41) is 8.58. The van der Waals surface area contributed by atoms with Gasteiger partial charge in [-0.1, -0.05) is 66.7 Å². The minimum atomic E-state index is -4.55. The molecule has 0 spiro atoms. The van der Waals surface area contributed by atoms with Gasteiger partial charge in [-0.15, -0.1) is 0 Å². The van der Waals surface area contributed by atoms with Crippen LogP contribution in [0.3, 0.4) is 0 Å². The molecule has 2 fully saturated rings. The Morgan fingerprint density at radius 1 is 0.769 bits per heavy atom. The summed E-state index contributed by atoms with van der Waals surface area (Å²) >= 11 is 0. The number of hydrogen-bond acceptors (Lipinski definition) is 15. The molecule has 2 aliphatic rings. The Hall–Kier alpha value is -5.26. The Labute approximate surface area is 376 Å². The van der Waals surface area contributed by atoms with Crippen LogP contribution in [0.2, 0.25) is 0 Å². The molecule has 1 saturated heterocycles. The van der Waals surface area contributed by atoms with Gasteiger partial charge in [0.2, 0.25) is 0 Å². The number of esters is 2. The van der Waals surface area contributed by atoms with E-state index in [0.29, 0.717) is 17.9 Å². The van der Waals surface area contributed by atoms with Crippen molar-refractivity contribution in [1.29, 1.82) is 0 Å². The minimum absolute atomic E-state index is 0.137. The van der Waals surface area contributed by atoms with E-state index in [1.54, 1.807) is 95.3 Å². The average Bonchev–Trinajstić information content (AvgIpc) is 3.45. The predicted molar refractivity (Wildman–Crippen MR) is 237 cm³/mol. The van der Waals surface area contributed by atoms with Gasteiger partial charge >= 0.3 is 27.4 Å². The first-order chi connectivity index (χ1) is 31.0. The van der Waals surface area contributed by atoms with Crippen LogP contribution in [0.25, 0.3) is 11.2 Å². The summed E-state index contributed by atoms with van der Waals surface area (Å²) < 4.78 is 90.1. The summed E-state index contributed by atoms with van der Waals surface area (Å²) in [5.41, 5.74) is -1.53. The first-order valence-corrected chi connectivity index (χ1v) is 24.3. The van der Waals surface area contributed by atoms with Crippen molar-refractivity contribution in [3.05, 3.63) is 109 Å². The Kier molecular flexibility index (Phi) is 14.4. The highest BCUT2D eigenvalue weighted by Gasteiger charge is 2.85. The highest BCUT2D eigenvalue weighted by atomic mass is 31.2. The van der Waals surface area contributed by atoms with Crippen molar-refractivity contribution >= 4 is 44.4 Å². The topological polar surface area (TPSA) is 213 Å². The monoisotopic (exact) mass is 937 g/mol. The number of ether oxygens (including phenoxy) is 3. The number of anilines is 1. The molecule has 1 aliphatic carbocycles. The van der Waals surface area contributed by atoms with Gasteiger partial charge in [0.25, 0.3) is 0 Å². The second-order valence-corrected chi connectivity index (χ2v) is 19.9. The maximum Gasteiger partial charge on any atom is 0.459 e. The van der Waals surface area contributed by atoms with Gasteiger partial charge in [-0.25, -0.2) is 28.5 Å². The molecular formula is C44H54FN7O11P2. The lowest BCUT2D eigenvalue weighted by Gasteiger charge is -2.28. The summed E-state index contributed by atoms with van der Waals surface area (Å²) in [7, 11) is -9.00. The molecule has 18 nitrogen and oxygen atoms in total. The fourth-order valence-corrected chi connectivity index (χ4v) is 10.9. The summed E-state index contributed by atoms with van der Waals surface area (Å²) in [6.45, 7) is 10.5. The summed E-state index contributed by atoms with van der Waals surface area (Å²) in [4.78, 5) is 39.2. The smallest absolute Gasteiger partial charge is 0.459 e. The van der Waals surface area contributed by atoms with Crippen LogP contribution in [0, 0.1) is 11.3 Å². The van der Waals surface area contributed by atoms with Gasteiger partial charge in [0.1, 0.15) is 29.9 Å². The first kappa shape index (κ1) is 47.7. The molecule has 0 bridgehead atoms. The highest BCUT2D eigenvalue weighted by molar-refractivity contribution is 7.52.